The van der Waals surface area contributed by atoms with E-state index >= 15 is 0 Å². The average Bonchev–Trinajstić information content (AvgIpc) is 3.18. The number of alkyl halides is 2. The molecule has 5 nitrogen and oxygen atoms in total. The van der Waals surface area contributed by atoms with Crippen molar-refractivity contribution in [3.05, 3.63) is 40.7 Å². The van der Waals surface area contributed by atoms with E-state index in [1.54, 1.807) is 6.20 Å². The fraction of sp³-hybridized carbons (Fsp3) is 0.0714. The average molecular weight is 347 g/mol. The van der Waals surface area contributed by atoms with E-state index in [2.05, 4.69) is 14.7 Å². The first kappa shape index (κ1) is 15.3. The molecule has 0 atom stereocenters. The lowest BCUT2D eigenvalue weighted by molar-refractivity contribution is 0.153. The number of hydrogen-bond acceptors (Lipinski definition) is 6. The van der Waals surface area contributed by atoms with Crippen LogP contribution in [0.2, 0.25) is 0 Å². The minimum Gasteiger partial charge on any atom is -0.358 e. The molecule has 0 aliphatic rings. The summed E-state index contributed by atoms with van der Waals surface area (Å²) < 4.78 is 30.1. The van der Waals surface area contributed by atoms with E-state index in [0.717, 1.165) is 4.21 Å². The SMILES string of the molecule is N#Cc1ncc(SNc2ccc(C(F)F)c3c(C#N)c[nH]c23)s1. The van der Waals surface area contributed by atoms with Gasteiger partial charge in [0.2, 0.25) is 0 Å². The number of aromatic amines is 1. The van der Waals surface area contributed by atoms with Gasteiger partial charge in [-0.15, -0.1) is 0 Å². The summed E-state index contributed by atoms with van der Waals surface area (Å²) >= 11 is 2.44. The highest BCUT2D eigenvalue weighted by molar-refractivity contribution is 8.02. The highest BCUT2D eigenvalue weighted by Crippen LogP contribution is 2.36. The molecule has 0 fully saturated rings. The third-order valence-corrected chi connectivity index (χ3v) is 4.89. The van der Waals surface area contributed by atoms with Gasteiger partial charge in [0.15, 0.2) is 5.01 Å². The zero-order valence-electron chi connectivity index (χ0n) is 11.3. The summed E-state index contributed by atoms with van der Waals surface area (Å²) in [4.78, 5) is 6.77. The standard InChI is InChI=1S/C14H7F2N5S2/c15-14(16)8-1-2-9(13-12(8)7(3-17)5-20-13)21-23-11-6-19-10(4-18)22-11/h1-2,5-6,14,20-21H. The molecule has 114 valence electrons. The van der Waals surface area contributed by atoms with Crippen molar-refractivity contribution in [1.29, 1.82) is 10.5 Å². The van der Waals surface area contributed by atoms with Gasteiger partial charge in [-0.1, -0.05) is 17.4 Å². The molecule has 3 rings (SSSR count). The number of nitriles is 2. The van der Waals surface area contributed by atoms with Crippen molar-refractivity contribution in [1.82, 2.24) is 9.97 Å². The molecular formula is C14H7F2N5S2. The number of anilines is 1. The number of halogens is 2. The van der Waals surface area contributed by atoms with Crippen LogP contribution in [0.1, 0.15) is 22.6 Å². The summed E-state index contributed by atoms with van der Waals surface area (Å²) in [7, 11) is 0. The molecule has 0 amide bonds. The summed E-state index contributed by atoms with van der Waals surface area (Å²) in [6.45, 7) is 0. The van der Waals surface area contributed by atoms with E-state index in [0.29, 0.717) is 16.2 Å². The van der Waals surface area contributed by atoms with E-state index in [1.807, 2.05) is 12.1 Å². The quantitative estimate of drug-likeness (QED) is 0.682. The molecule has 9 heteroatoms. The number of nitrogens with zero attached hydrogens (tertiary/aromatic N) is 3. The van der Waals surface area contributed by atoms with Crippen molar-refractivity contribution < 1.29 is 8.78 Å². The number of hydrogen-bond donors (Lipinski definition) is 2. The van der Waals surface area contributed by atoms with Gasteiger partial charge in [0.25, 0.3) is 6.43 Å². The molecule has 0 saturated heterocycles. The molecule has 0 aliphatic carbocycles. The second-order valence-corrected chi connectivity index (χ2v) is 6.50. The van der Waals surface area contributed by atoms with Crippen molar-refractivity contribution in [2.45, 2.75) is 10.6 Å². The third-order valence-electron chi connectivity index (χ3n) is 3.07. The fourth-order valence-electron chi connectivity index (χ4n) is 2.09. The Morgan fingerprint density at radius 2 is 2.13 bits per heavy atom. The molecule has 2 N–H and O–H groups in total. The van der Waals surface area contributed by atoms with Crippen LogP contribution in [0.3, 0.4) is 0 Å². The van der Waals surface area contributed by atoms with E-state index in [1.165, 1.54) is 41.6 Å². The van der Waals surface area contributed by atoms with E-state index < -0.39 is 6.43 Å². The van der Waals surface area contributed by atoms with Crippen LogP contribution in [0.25, 0.3) is 10.9 Å². The molecule has 2 aromatic heterocycles. The molecule has 23 heavy (non-hydrogen) atoms. The van der Waals surface area contributed by atoms with Crippen molar-refractivity contribution in [3.63, 3.8) is 0 Å². The van der Waals surface area contributed by atoms with Crippen LogP contribution < -0.4 is 4.72 Å². The monoisotopic (exact) mass is 347 g/mol. The Labute approximate surface area is 137 Å². The maximum atomic E-state index is 13.1. The highest BCUT2D eigenvalue weighted by Gasteiger charge is 2.18. The van der Waals surface area contributed by atoms with Crippen LogP contribution in [-0.4, -0.2) is 9.97 Å². The van der Waals surface area contributed by atoms with Crippen molar-refractivity contribution in [2.24, 2.45) is 0 Å². The number of benzene rings is 1. The van der Waals surface area contributed by atoms with Crippen LogP contribution in [0.5, 0.6) is 0 Å². The first-order chi connectivity index (χ1) is 11.1. The lowest BCUT2D eigenvalue weighted by Gasteiger charge is -2.08. The maximum Gasteiger partial charge on any atom is 0.264 e. The van der Waals surface area contributed by atoms with Gasteiger partial charge in [0, 0.05) is 17.1 Å². The van der Waals surface area contributed by atoms with Gasteiger partial charge in [0.1, 0.15) is 16.3 Å². The predicted octanol–water partition coefficient (Wildman–Crippen LogP) is 4.42. The molecule has 2 heterocycles. The number of fused-ring (bicyclic) bond motifs is 1. The van der Waals surface area contributed by atoms with E-state index in [9.17, 15) is 8.78 Å². The van der Waals surface area contributed by atoms with Crippen molar-refractivity contribution in [2.75, 3.05) is 4.72 Å². The molecule has 0 saturated carbocycles. The minimum atomic E-state index is -2.67. The van der Waals surface area contributed by atoms with Crippen molar-refractivity contribution in [3.8, 4) is 12.1 Å². The number of H-pyrrole nitrogens is 1. The number of thiazole rings is 1. The van der Waals surface area contributed by atoms with Crippen molar-refractivity contribution >= 4 is 39.9 Å². The van der Waals surface area contributed by atoms with Crippen LogP contribution >= 0.6 is 23.3 Å². The summed E-state index contributed by atoms with van der Waals surface area (Å²) in [6, 6.07) is 6.69. The number of rotatable bonds is 4. The zero-order chi connectivity index (χ0) is 16.4. The fourth-order valence-corrected chi connectivity index (χ4v) is 3.56. The molecule has 1 aromatic carbocycles. The number of aromatic nitrogens is 2. The Hall–Kier alpha value is -2.62. The summed E-state index contributed by atoms with van der Waals surface area (Å²) in [5.74, 6) is 0. The van der Waals surface area contributed by atoms with Crippen LogP contribution in [-0.2, 0) is 0 Å². The van der Waals surface area contributed by atoms with Gasteiger partial charge in [0.05, 0.1) is 23.0 Å². The van der Waals surface area contributed by atoms with Gasteiger partial charge in [-0.3, -0.25) is 0 Å². The Balaban J connectivity index is 1.96. The second kappa shape index (κ2) is 6.24. The largest absolute Gasteiger partial charge is 0.358 e. The van der Waals surface area contributed by atoms with Gasteiger partial charge in [-0.2, -0.15) is 10.5 Å². The second-order valence-electron chi connectivity index (χ2n) is 4.37. The normalized spacial score (nSPS) is 10.7. The molecule has 0 spiro atoms. The Morgan fingerprint density at radius 1 is 1.30 bits per heavy atom. The van der Waals surface area contributed by atoms with E-state index in [4.69, 9.17) is 10.5 Å². The van der Waals surface area contributed by atoms with Crippen LogP contribution in [0.15, 0.2) is 28.7 Å². The summed E-state index contributed by atoms with van der Waals surface area (Å²) in [5.41, 5.74) is 1.01. The lowest BCUT2D eigenvalue weighted by Crippen LogP contribution is -1.92. The van der Waals surface area contributed by atoms with Gasteiger partial charge in [-0.25, -0.2) is 13.8 Å². The Kier molecular flexibility index (Phi) is 4.15. The molecule has 0 radical (unpaired) electrons. The smallest absolute Gasteiger partial charge is 0.264 e. The molecule has 0 unspecified atom stereocenters. The topological polar surface area (TPSA) is 88.3 Å². The Bertz CT molecular complexity index is 948. The maximum absolute atomic E-state index is 13.1. The first-order valence-corrected chi connectivity index (χ1v) is 7.88. The first-order valence-electron chi connectivity index (χ1n) is 6.25. The molecule has 0 aliphatic heterocycles. The van der Waals surface area contributed by atoms with Gasteiger partial charge >= 0.3 is 0 Å². The zero-order valence-corrected chi connectivity index (χ0v) is 12.9. The Morgan fingerprint density at radius 3 is 2.78 bits per heavy atom. The third kappa shape index (κ3) is 2.84. The summed E-state index contributed by atoms with van der Waals surface area (Å²) in [6.07, 6.45) is 0.301. The molecule has 0 bridgehead atoms. The van der Waals surface area contributed by atoms with Gasteiger partial charge < -0.3 is 9.71 Å². The number of nitrogens with one attached hydrogen (secondary N) is 2. The highest BCUT2D eigenvalue weighted by atomic mass is 32.2. The summed E-state index contributed by atoms with van der Waals surface area (Å²) in [5, 5.41) is 18.4. The molecular weight excluding hydrogens is 340 g/mol. The van der Waals surface area contributed by atoms with Gasteiger partial charge in [-0.05, 0) is 18.0 Å². The molecule has 3 aromatic rings. The van der Waals surface area contributed by atoms with E-state index in [-0.39, 0.29) is 16.5 Å². The van der Waals surface area contributed by atoms with Crippen LogP contribution in [0.4, 0.5) is 14.5 Å². The van der Waals surface area contributed by atoms with Crippen LogP contribution in [0, 0.1) is 22.7 Å². The predicted molar refractivity (Wildman–Crippen MR) is 84.3 cm³/mol. The minimum absolute atomic E-state index is 0.175. The lowest BCUT2D eigenvalue weighted by atomic mass is 10.1.